The molecule has 1 heterocycles. The van der Waals surface area contributed by atoms with Crippen molar-refractivity contribution in [2.24, 2.45) is 0 Å². The number of rotatable bonds is 5. The molecule has 0 saturated carbocycles. The first kappa shape index (κ1) is 22.1. The molecule has 0 radical (unpaired) electrons. The number of sulfonamides is 1. The molecule has 164 valence electrons. The van der Waals surface area contributed by atoms with E-state index < -0.39 is 22.5 Å². The molecule has 0 saturated heterocycles. The first-order valence-corrected chi connectivity index (χ1v) is 11.7. The third-order valence-corrected chi connectivity index (χ3v) is 7.46. The highest BCUT2D eigenvalue weighted by atomic mass is 35.5. The Kier molecular flexibility index (Phi) is 6.10. The first-order valence-electron chi connectivity index (χ1n) is 9.50. The maximum Gasteiger partial charge on any atom is 0.264 e. The molecule has 0 atom stereocenters. The zero-order valence-electron chi connectivity index (χ0n) is 16.5. The lowest BCUT2D eigenvalue weighted by Gasteiger charge is -2.32. The van der Waals surface area contributed by atoms with Crippen LogP contribution >= 0.6 is 23.2 Å². The fourth-order valence-electron chi connectivity index (χ4n) is 3.37. The van der Waals surface area contributed by atoms with Gasteiger partial charge in [-0.05, 0) is 36.4 Å². The van der Waals surface area contributed by atoms with Crippen molar-refractivity contribution in [3.05, 3.63) is 82.8 Å². The van der Waals surface area contributed by atoms with Gasteiger partial charge in [-0.2, -0.15) is 0 Å². The summed E-state index contributed by atoms with van der Waals surface area (Å²) >= 11 is 12.5. The Hall–Kier alpha value is -3.07. The molecule has 0 bridgehead atoms. The minimum absolute atomic E-state index is 0.00161. The molecule has 3 aromatic rings. The molecule has 1 aliphatic heterocycles. The van der Waals surface area contributed by atoms with Gasteiger partial charge in [0, 0.05) is 0 Å². The molecule has 3 aromatic carbocycles. The van der Waals surface area contributed by atoms with E-state index in [9.17, 15) is 18.0 Å². The van der Waals surface area contributed by atoms with Crippen molar-refractivity contribution in [1.82, 2.24) is 0 Å². The van der Waals surface area contributed by atoms with E-state index in [-0.39, 0.29) is 33.1 Å². The van der Waals surface area contributed by atoms with Gasteiger partial charge in [0.05, 0.1) is 32.0 Å². The zero-order chi connectivity index (χ0) is 22.9. The molecular formula is C22H17Cl2N3O4S. The summed E-state index contributed by atoms with van der Waals surface area (Å²) in [6.45, 7) is -0.822. The number of hydrogen-bond acceptors (Lipinski definition) is 4. The Labute approximate surface area is 195 Å². The predicted molar refractivity (Wildman–Crippen MR) is 125 cm³/mol. The average molecular weight is 490 g/mol. The predicted octanol–water partition coefficient (Wildman–Crippen LogP) is 4.17. The van der Waals surface area contributed by atoms with Crippen molar-refractivity contribution in [3.63, 3.8) is 0 Å². The Morgan fingerprint density at radius 1 is 0.969 bits per heavy atom. The van der Waals surface area contributed by atoms with E-state index in [1.807, 2.05) is 0 Å². The van der Waals surface area contributed by atoms with Gasteiger partial charge in [-0.3, -0.25) is 18.8 Å². The van der Waals surface area contributed by atoms with Crippen LogP contribution in [0, 0.1) is 0 Å². The summed E-state index contributed by atoms with van der Waals surface area (Å²) in [4.78, 5) is 26.7. The molecule has 32 heavy (non-hydrogen) atoms. The van der Waals surface area contributed by atoms with E-state index in [2.05, 4.69) is 5.32 Å². The van der Waals surface area contributed by atoms with Crippen LogP contribution in [0.4, 0.5) is 17.1 Å². The minimum atomic E-state index is -4.18. The molecule has 0 aliphatic carbocycles. The average Bonchev–Trinajstić information content (AvgIpc) is 2.79. The van der Waals surface area contributed by atoms with E-state index in [1.54, 1.807) is 48.5 Å². The second-order valence-corrected chi connectivity index (χ2v) is 9.59. The molecule has 0 aromatic heterocycles. The van der Waals surface area contributed by atoms with Crippen molar-refractivity contribution in [1.29, 1.82) is 0 Å². The summed E-state index contributed by atoms with van der Waals surface area (Å²) in [6, 6.07) is 19.0. The summed E-state index contributed by atoms with van der Waals surface area (Å²) < 4.78 is 27.9. The highest BCUT2D eigenvalue weighted by molar-refractivity contribution is 7.92. The summed E-state index contributed by atoms with van der Waals surface area (Å²) in [5, 5.41) is 2.84. The Morgan fingerprint density at radius 3 is 2.41 bits per heavy atom. The van der Waals surface area contributed by atoms with Crippen LogP contribution in [0.1, 0.15) is 0 Å². The highest BCUT2D eigenvalue weighted by Gasteiger charge is 2.33. The van der Waals surface area contributed by atoms with Crippen molar-refractivity contribution in [3.8, 4) is 0 Å². The third-order valence-electron chi connectivity index (χ3n) is 4.88. The van der Waals surface area contributed by atoms with Gasteiger partial charge in [-0.15, -0.1) is 0 Å². The number of anilines is 3. The van der Waals surface area contributed by atoms with Crippen LogP contribution in [0.5, 0.6) is 0 Å². The van der Waals surface area contributed by atoms with Gasteiger partial charge in [-0.25, -0.2) is 8.42 Å². The smallest absolute Gasteiger partial charge is 0.264 e. The van der Waals surface area contributed by atoms with Gasteiger partial charge in [0.25, 0.3) is 10.0 Å². The van der Waals surface area contributed by atoms with Gasteiger partial charge in [0.2, 0.25) is 11.8 Å². The van der Waals surface area contributed by atoms with Gasteiger partial charge < -0.3 is 5.32 Å². The van der Waals surface area contributed by atoms with Gasteiger partial charge in [0.15, 0.2) is 0 Å². The molecule has 10 heteroatoms. The monoisotopic (exact) mass is 489 g/mol. The third kappa shape index (κ3) is 4.17. The molecule has 1 aliphatic rings. The summed E-state index contributed by atoms with van der Waals surface area (Å²) in [5.41, 5.74) is 1.01. The molecule has 0 spiro atoms. The summed E-state index contributed by atoms with van der Waals surface area (Å²) in [6.07, 6.45) is 0. The van der Waals surface area contributed by atoms with E-state index in [1.165, 1.54) is 29.2 Å². The molecule has 0 unspecified atom stereocenters. The van der Waals surface area contributed by atoms with Gasteiger partial charge >= 0.3 is 0 Å². The molecule has 7 nitrogen and oxygen atoms in total. The van der Waals surface area contributed by atoms with Gasteiger partial charge in [-0.1, -0.05) is 59.6 Å². The van der Waals surface area contributed by atoms with Crippen LogP contribution in [-0.4, -0.2) is 33.3 Å². The van der Waals surface area contributed by atoms with Crippen LogP contribution in [0.25, 0.3) is 0 Å². The first-order chi connectivity index (χ1) is 15.3. The second-order valence-electron chi connectivity index (χ2n) is 6.94. The lowest BCUT2D eigenvalue weighted by molar-refractivity contribution is -0.121. The lowest BCUT2D eigenvalue weighted by atomic mass is 10.2. The Bertz CT molecular complexity index is 1300. The SMILES string of the molecule is O=C1CN(C(=O)CN(c2cccc(Cl)c2Cl)S(=O)(=O)c2ccccc2)c2ccccc2N1. The zero-order valence-corrected chi connectivity index (χ0v) is 18.9. The number of fused-ring (bicyclic) bond motifs is 1. The van der Waals surface area contributed by atoms with Crippen LogP contribution in [0.3, 0.4) is 0 Å². The van der Waals surface area contributed by atoms with E-state index in [0.29, 0.717) is 11.4 Å². The molecule has 2 amide bonds. The van der Waals surface area contributed by atoms with E-state index in [4.69, 9.17) is 23.2 Å². The number of nitrogens with one attached hydrogen (secondary N) is 1. The largest absolute Gasteiger partial charge is 0.323 e. The quantitative estimate of drug-likeness (QED) is 0.582. The second kappa shape index (κ2) is 8.82. The lowest BCUT2D eigenvalue weighted by Crippen LogP contribution is -2.48. The number of carbonyl (C=O) groups excluding carboxylic acids is 2. The molecule has 1 N–H and O–H groups in total. The fourth-order valence-corrected chi connectivity index (χ4v) is 5.26. The Morgan fingerprint density at radius 2 is 1.66 bits per heavy atom. The molecular weight excluding hydrogens is 473 g/mol. The normalized spacial score (nSPS) is 13.3. The minimum Gasteiger partial charge on any atom is -0.323 e. The number of para-hydroxylation sites is 2. The van der Waals surface area contributed by atoms with Crippen LogP contribution in [0.15, 0.2) is 77.7 Å². The van der Waals surface area contributed by atoms with Crippen LogP contribution < -0.4 is 14.5 Å². The van der Waals surface area contributed by atoms with Crippen molar-refractivity contribution < 1.29 is 18.0 Å². The maximum absolute atomic E-state index is 13.5. The number of benzene rings is 3. The van der Waals surface area contributed by atoms with Gasteiger partial charge in [0.1, 0.15) is 13.1 Å². The van der Waals surface area contributed by atoms with E-state index in [0.717, 1.165) is 4.31 Å². The number of hydrogen-bond donors (Lipinski definition) is 1. The van der Waals surface area contributed by atoms with Crippen LogP contribution in [-0.2, 0) is 19.6 Å². The van der Waals surface area contributed by atoms with Crippen molar-refractivity contribution in [2.45, 2.75) is 4.90 Å². The highest BCUT2D eigenvalue weighted by Crippen LogP contribution is 2.36. The topological polar surface area (TPSA) is 86.8 Å². The number of halogens is 2. The van der Waals surface area contributed by atoms with Crippen molar-refractivity contribution >= 4 is 62.1 Å². The summed E-state index contributed by atoms with van der Waals surface area (Å²) in [7, 11) is -4.18. The number of nitrogens with zero attached hydrogens (tertiary/aromatic N) is 2. The molecule has 0 fully saturated rings. The molecule has 4 rings (SSSR count). The van der Waals surface area contributed by atoms with E-state index >= 15 is 0 Å². The maximum atomic E-state index is 13.5. The van der Waals surface area contributed by atoms with Crippen LogP contribution in [0.2, 0.25) is 10.0 Å². The fraction of sp³-hybridized carbons (Fsp3) is 0.0909. The number of carbonyl (C=O) groups is 2. The van der Waals surface area contributed by atoms with Crippen molar-refractivity contribution in [2.75, 3.05) is 27.6 Å². The Balaban J connectivity index is 1.78. The standard InChI is InChI=1S/C22H17Cl2N3O4S/c23-16-9-6-12-19(22(16)24)27(32(30,31)15-7-2-1-3-8-15)14-21(29)26-13-20(28)25-17-10-4-5-11-18(17)26/h1-12H,13-14H2,(H,25,28). The number of amides is 2. The summed E-state index contributed by atoms with van der Waals surface area (Å²) in [5.74, 6) is -0.974.